The third-order valence-corrected chi connectivity index (χ3v) is 9.11. The van der Waals surface area contributed by atoms with E-state index in [1.165, 1.54) is 7.11 Å². The number of aliphatic hydroxyl groups excluding tert-OH is 1. The second kappa shape index (κ2) is 16.8. The number of carbonyl (C=O) groups is 3. The molecule has 15 heteroatoms. The van der Waals surface area contributed by atoms with E-state index >= 15 is 0 Å². The molecule has 2 saturated heterocycles. The summed E-state index contributed by atoms with van der Waals surface area (Å²) in [5.41, 5.74) is 3.73. The van der Waals surface area contributed by atoms with Crippen LogP contribution in [0.15, 0.2) is 60.9 Å². The Hall–Kier alpha value is -4.57. The van der Waals surface area contributed by atoms with Crippen LogP contribution in [0.3, 0.4) is 0 Å². The Balaban J connectivity index is 1.40. The van der Waals surface area contributed by atoms with Crippen LogP contribution < -0.4 is 10.7 Å². The number of benzene rings is 2. The van der Waals surface area contributed by atoms with Crippen LogP contribution in [0.4, 0.5) is 18.0 Å². The molecule has 2 amide bonds. The van der Waals surface area contributed by atoms with E-state index in [1.54, 1.807) is 39.2 Å². The van der Waals surface area contributed by atoms with Gasteiger partial charge in [-0.05, 0) is 47.1 Å². The van der Waals surface area contributed by atoms with E-state index in [0.717, 1.165) is 16.1 Å². The molecule has 6 atom stereocenters. The molecule has 280 valence electrons. The van der Waals surface area contributed by atoms with Gasteiger partial charge in [-0.15, -0.1) is 0 Å². The lowest BCUT2D eigenvalue weighted by molar-refractivity contribution is -0.155. The standard InChI is InChI=1S/C37H43F3N4O8/c1-37(2,3)32(34(47)49-4)33(46)42-29(14-21-7-9-22(10-8-21)23-6-5-12-41-17-23)30(45)19-44(18-24-15-27(39)28(40)16-26(24)38)43-36(48)52-31-20-51-35-25(31)11-13-50-35/h5-10,12,15-17,25,29-32,35,45H,11,13-14,18-20H2,1-4H3,(H,42,46)(H,43,48). The quantitative estimate of drug-likeness (QED) is 0.101. The molecular formula is C37H43F3N4O8. The highest BCUT2D eigenvalue weighted by atomic mass is 19.2. The zero-order valence-corrected chi connectivity index (χ0v) is 29.3. The fourth-order valence-corrected chi connectivity index (χ4v) is 6.38. The van der Waals surface area contributed by atoms with Crippen LogP contribution in [0, 0.1) is 34.7 Å². The predicted molar refractivity (Wildman–Crippen MR) is 180 cm³/mol. The number of fused-ring (bicyclic) bond motifs is 1. The van der Waals surface area contributed by atoms with Crippen molar-refractivity contribution in [2.75, 3.05) is 26.9 Å². The number of esters is 1. The van der Waals surface area contributed by atoms with E-state index in [1.807, 2.05) is 30.3 Å². The van der Waals surface area contributed by atoms with Crippen molar-refractivity contribution in [3.63, 3.8) is 0 Å². The Labute approximate surface area is 299 Å². The van der Waals surface area contributed by atoms with Gasteiger partial charge in [-0.2, -0.15) is 0 Å². The van der Waals surface area contributed by atoms with Gasteiger partial charge in [0.1, 0.15) is 17.8 Å². The van der Waals surface area contributed by atoms with Gasteiger partial charge in [0.25, 0.3) is 0 Å². The van der Waals surface area contributed by atoms with Crippen LogP contribution in [0.25, 0.3) is 11.1 Å². The minimum absolute atomic E-state index is 0.0541. The molecule has 5 rings (SSSR count). The number of pyridine rings is 1. The van der Waals surface area contributed by atoms with Crippen molar-refractivity contribution in [3.05, 3.63) is 89.5 Å². The summed E-state index contributed by atoms with van der Waals surface area (Å²) in [5.74, 6) is -6.73. The summed E-state index contributed by atoms with van der Waals surface area (Å²) in [6, 6.07) is 11.0. The van der Waals surface area contributed by atoms with Crippen molar-refractivity contribution >= 4 is 18.0 Å². The summed E-state index contributed by atoms with van der Waals surface area (Å²) in [6.07, 6.45) is 0.426. The van der Waals surface area contributed by atoms with Crippen LogP contribution in [0.5, 0.6) is 0 Å². The maximum absolute atomic E-state index is 14.8. The average molecular weight is 729 g/mol. The number of nitrogens with zero attached hydrogens (tertiary/aromatic N) is 2. The van der Waals surface area contributed by atoms with Crippen LogP contribution >= 0.6 is 0 Å². The Bertz CT molecular complexity index is 1710. The molecular weight excluding hydrogens is 685 g/mol. The molecule has 12 nitrogen and oxygen atoms in total. The third kappa shape index (κ3) is 9.64. The molecule has 0 spiro atoms. The molecule has 52 heavy (non-hydrogen) atoms. The van der Waals surface area contributed by atoms with Crippen molar-refractivity contribution in [3.8, 4) is 11.1 Å². The van der Waals surface area contributed by atoms with Crippen molar-refractivity contribution in [1.29, 1.82) is 0 Å². The summed E-state index contributed by atoms with van der Waals surface area (Å²) in [6.45, 7) is 4.63. The topological polar surface area (TPSA) is 149 Å². The lowest BCUT2D eigenvalue weighted by Gasteiger charge is -2.33. The normalized spacial score (nSPS) is 20.1. The van der Waals surface area contributed by atoms with E-state index in [-0.39, 0.29) is 24.5 Å². The number of ether oxygens (including phenoxy) is 4. The van der Waals surface area contributed by atoms with Crippen LogP contribution in [-0.2, 0) is 41.5 Å². The summed E-state index contributed by atoms with van der Waals surface area (Å²) >= 11 is 0. The Morgan fingerprint density at radius 2 is 1.77 bits per heavy atom. The van der Waals surface area contributed by atoms with Crippen LogP contribution in [0.2, 0.25) is 0 Å². The van der Waals surface area contributed by atoms with Crippen molar-refractivity contribution < 1.29 is 51.6 Å². The summed E-state index contributed by atoms with van der Waals surface area (Å²) < 4.78 is 64.4. The molecule has 1 aromatic heterocycles. The van der Waals surface area contributed by atoms with E-state index in [4.69, 9.17) is 18.9 Å². The van der Waals surface area contributed by atoms with Gasteiger partial charge in [0.05, 0.1) is 38.4 Å². The second-order valence-electron chi connectivity index (χ2n) is 14.0. The van der Waals surface area contributed by atoms with Crippen LogP contribution in [0.1, 0.15) is 38.3 Å². The number of aromatic nitrogens is 1. The molecule has 0 saturated carbocycles. The number of carbonyl (C=O) groups excluding carboxylic acids is 3. The molecule has 3 aromatic rings. The Morgan fingerprint density at radius 3 is 2.44 bits per heavy atom. The first-order valence-corrected chi connectivity index (χ1v) is 16.9. The maximum Gasteiger partial charge on any atom is 0.422 e. The minimum atomic E-state index is -1.49. The number of aliphatic hydroxyl groups is 1. The second-order valence-corrected chi connectivity index (χ2v) is 14.0. The fraction of sp³-hybridized carbons (Fsp3) is 0.459. The van der Waals surface area contributed by atoms with Gasteiger partial charge in [0, 0.05) is 37.1 Å². The molecule has 3 N–H and O–H groups in total. The fourth-order valence-electron chi connectivity index (χ4n) is 6.38. The Kier molecular flexibility index (Phi) is 12.5. The molecule has 2 fully saturated rings. The summed E-state index contributed by atoms with van der Waals surface area (Å²) in [4.78, 5) is 43.8. The van der Waals surface area contributed by atoms with Gasteiger partial charge in [0.15, 0.2) is 17.9 Å². The number of hydrogen-bond acceptors (Lipinski definition) is 10. The molecule has 2 aliphatic rings. The van der Waals surface area contributed by atoms with Crippen LogP contribution in [-0.4, -0.2) is 84.5 Å². The third-order valence-electron chi connectivity index (χ3n) is 9.11. The SMILES string of the molecule is COC(=O)C(C(=O)NC(Cc1ccc(-c2cccnc2)cc1)C(O)CN(Cc1cc(F)c(F)cc1F)NC(=O)OC1COC2OCCC12)C(C)(C)C. The zero-order valence-electron chi connectivity index (χ0n) is 29.3. The molecule has 0 aliphatic carbocycles. The van der Waals surface area contributed by atoms with E-state index in [0.29, 0.717) is 30.7 Å². The van der Waals surface area contributed by atoms with E-state index in [2.05, 4.69) is 15.7 Å². The largest absolute Gasteiger partial charge is 0.468 e. The minimum Gasteiger partial charge on any atom is -0.468 e. The molecule has 2 aromatic carbocycles. The lowest BCUT2D eigenvalue weighted by Crippen LogP contribution is -2.55. The molecule has 0 bridgehead atoms. The highest BCUT2D eigenvalue weighted by Gasteiger charge is 2.44. The highest BCUT2D eigenvalue weighted by Crippen LogP contribution is 2.33. The summed E-state index contributed by atoms with van der Waals surface area (Å²) in [5, 5.41) is 15.6. The van der Waals surface area contributed by atoms with Gasteiger partial charge < -0.3 is 29.4 Å². The summed E-state index contributed by atoms with van der Waals surface area (Å²) in [7, 11) is 1.17. The van der Waals surface area contributed by atoms with Crippen molar-refractivity contribution in [2.45, 2.75) is 64.7 Å². The number of halogens is 3. The number of methoxy groups -OCH3 is 1. The van der Waals surface area contributed by atoms with Crippen molar-refractivity contribution in [1.82, 2.24) is 20.7 Å². The molecule has 3 heterocycles. The number of rotatable bonds is 13. The smallest absolute Gasteiger partial charge is 0.422 e. The number of hydrogen-bond donors (Lipinski definition) is 3. The zero-order chi connectivity index (χ0) is 37.6. The van der Waals surface area contributed by atoms with Gasteiger partial charge in [-0.3, -0.25) is 20.0 Å². The first-order valence-electron chi connectivity index (χ1n) is 16.9. The van der Waals surface area contributed by atoms with Gasteiger partial charge >= 0.3 is 12.1 Å². The number of nitrogens with one attached hydrogen (secondary N) is 2. The number of hydrazine groups is 1. The van der Waals surface area contributed by atoms with E-state index < -0.39 is 84.4 Å². The Morgan fingerprint density at radius 1 is 1.04 bits per heavy atom. The molecule has 2 aliphatic heterocycles. The van der Waals surface area contributed by atoms with Gasteiger partial charge in [-0.25, -0.2) is 23.0 Å². The predicted octanol–water partition coefficient (Wildman–Crippen LogP) is 4.29. The monoisotopic (exact) mass is 728 g/mol. The first kappa shape index (κ1) is 38.7. The first-order chi connectivity index (χ1) is 24.7. The maximum atomic E-state index is 14.8. The van der Waals surface area contributed by atoms with Gasteiger partial charge in [0.2, 0.25) is 5.91 Å². The average Bonchev–Trinajstić information content (AvgIpc) is 3.72. The van der Waals surface area contributed by atoms with E-state index in [9.17, 15) is 32.7 Å². The number of amides is 2. The van der Waals surface area contributed by atoms with Crippen molar-refractivity contribution in [2.24, 2.45) is 17.3 Å². The highest BCUT2D eigenvalue weighted by molar-refractivity contribution is 5.98. The van der Waals surface area contributed by atoms with Gasteiger partial charge in [-0.1, -0.05) is 51.1 Å². The molecule has 6 unspecified atom stereocenters. The lowest BCUT2D eigenvalue weighted by atomic mass is 9.80. The molecule has 0 radical (unpaired) electrons.